The van der Waals surface area contributed by atoms with E-state index in [0.29, 0.717) is 5.69 Å². The summed E-state index contributed by atoms with van der Waals surface area (Å²) < 4.78 is 17.7. The van der Waals surface area contributed by atoms with E-state index < -0.39 is 8.07 Å². The van der Waals surface area contributed by atoms with Gasteiger partial charge in [0.25, 0.3) is 0 Å². The van der Waals surface area contributed by atoms with Gasteiger partial charge in [-0.25, -0.2) is 4.39 Å². The van der Waals surface area contributed by atoms with Crippen molar-refractivity contribution in [2.45, 2.75) is 13.1 Å². The van der Waals surface area contributed by atoms with Crippen LogP contribution in [0.5, 0.6) is 0 Å². The normalized spacial score (nSPS) is 12.6. The fourth-order valence-electron chi connectivity index (χ4n) is 10.6. The molecule has 0 amide bonds. The molecule has 0 aromatic heterocycles. The van der Waals surface area contributed by atoms with Crippen molar-refractivity contribution in [2.75, 3.05) is 9.80 Å². The summed E-state index contributed by atoms with van der Waals surface area (Å²) in [4.78, 5) is 4.53. The van der Waals surface area contributed by atoms with Crippen LogP contribution in [0.25, 0.3) is 65.7 Å². The van der Waals surface area contributed by atoms with Crippen LogP contribution in [0.1, 0.15) is 0 Å². The van der Waals surface area contributed by atoms with Gasteiger partial charge in [0.2, 0.25) is 0 Å². The van der Waals surface area contributed by atoms with Crippen LogP contribution in [-0.2, 0) is 0 Å². The minimum atomic E-state index is -2.30. The lowest BCUT2D eigenvalue weighted by Crippen LogP contribution is -2.56. The van der Waals surface area contributed by atoms with Crippen molar-refractivity contribution in [3.8, 4) is 33.4 Å². The molecule has 12 rings (SSSR count). The Morgan fingerprint density at radius 3 is 1.50 bits per heavy atom. The molecule has 1 heterocycles. The average molecular weight is 865 g/mol. The highest BCUT2D eigenvalue weighted by Crippen LogP contribution is 2.50. The van der Waals surface area contributed by atoms with E-state index in [0.717, 1.165) is 66.8 Å². The van der Waals surface area contributed by atoms with Gasteiger partial charge in [-0.1, -0.05) is 177 Å². The topological polar surface area (TPSA) is 6.48 Å². The fraction of sp³-hybridized carbons (Fsp3) is 0.0323. The Kier molecular flexibility index (Phi) is 9.51. The number of halogens is 1. The van der Waals surface area contributed by atoms with Gasteiger partial charge in [-0.05, 0) is 138 Å². The fourth-order valence-corrected chi connectivity index (χ4v) is 13.7. The molecule has 0 saturated heterocycles. The zero-order chi connectivity index (χ0) is 44.4. The Balaban J connectivity index is 1.12. The van der Waals surface area contributed by atoms with Crippen molar-refractivity contribution >= 4 is 84.9 Å². The van der Waals surface area contributed by atoms with Gasteiger partial charge in [0.15, 0.2) is 0 Å². The Labute approximate surface area is 386 Å². The van der Waals surface area contributed by atoms with Crippen LogP contribution in [0.2, 0.25) is 13.1 Å². The number of para-hydroxylation sites is 3. The Morgan fingerprint density at radius 1 is 0.333 bits per heavy atom. The van der Waals surface area contributed by atoms with E-state index in [4.69, 9.17) is 0 Å². The van der Waals surface area contributed by atoms with Crippen molar-refractivity contribution in [1.29, 1.82) is 0 Å². The minimum absolute atomic E-state index is 0.290. The maximum absolute atomic E-state index is 17.7. The van der Waals surface area contributed by atoms with Crippen LogP contribution in [0.4, 0.5) is 38.5 Å². The second-order valence-electron chi connectivity index (χ2n) is 17.8. The van der Waals surface area contributed by atoms with Gasteiger partial charge in [0.1, 0.15) is 13.9 Å². The molecule has 0 saturated carbocycles. The van der Waals surface area contributed by atoms with Crippen LogP contribution in [0, 0.1) is 5.82 Å². The summed E-state index contributed by atoms with van der Waals surface area (Å²) in [5, 5.41) is 9.88. The van der Waals surface area contributed by atoms with Crippen molar-refractivity contribution in [2.24, 2.45) is 0 Å². The number of nitrogens with zero attached hydrogens (tertiary/aromatic N) is 2. The molecule has 0 N–H and O–H groups in total. The number of fused-ring (bicyclic) bond motifs is 6. The third-order valence-corrected chi connectivity index (χ3v) is 17.2. The lowest BCUT2D eigenvalue weighted by molar-refractivity contribution is 0.630. The Hall–Kier alpha value is -8.05. The van der Waals surface area contributed by atoms with E-state index >= 15 is 4.39 Å². The summed E-state index contributed by atoms with van der Waals surface area (Å²) in [6, 6.07) is 83.3. The van der Waals surface area contributed by atoms with Crippen LogP contribution in [-0.4, -0.2) is 8.07 Å². The molecule has 0 aliphatic carbocycles. The number of hydrogen-bond donors (Lipinski definition) is 0. The summed E-state index contributed by atoms with van der Waals surface area (Å²) >= 11 is 0. The highest BCUT2D eigenvalue weighted by Gasteiger charge is 2.37. The zero-order valence-electron chi connectivity index (χ0n) is 36.8. The first-order valence-electron chi connectivity index (χ1n) is 22.7. The monoisotopic (exact) mass is 864 g/mol. The number of anilines is 6. The molecular formula is C62H45FN2Si. The summed E-state index contributed by atoms with van der Waals surface area (Å²) in [7, 11) is -2.30. The SMILES string of the molecule is C[Si]1(C)c2cc(N(c3ccccc3)c3ccccc3)ccc2-c2cc3c4ccccc4c(N(c4ccccc4)c4c(F)cc(-c5ccccc5)cc4-c4ccccc4)cc3c3cccc1c23. The van der Waals surface area contributed by atoms with E-state index in [9.17, 15) is 0 Å². The predicted octanol–water partition coefficient (Wildman–Crippen LogP) is 16.4. The van der Waals surface area contributed by atoms with Gasteiger partial charge in [-0.15, -0.1) is 0 Å². The molecule has 0 fully saturated rings. The second-order valence-corrected chi connectivity index (χ2v) is 22.1. The van der Waals surface area contributed by atoms with Crippen LogP contribution >= 0.6 is 0 Å². The second kappa shape index (κ2) is 15.9. The largest absolute Gasteiger partial charge is 0.311 e. The number of hydrogen-bond acceptors (Lipinski definition) is 2. The smallest absolute Gasteiger partial charge is 0.148 e. The first-order valence-corrected chi connectivity index (χ1v) is 25.7. The van der Waals surface area contributed by atoms with Crippen molar-refractivity contribution in [3.05, 3.63) is 242 Å². The van der Waals surface area contributed by atoms with Gasteiger partial charge in [0.05, 0.1) is 11.4 Å². The molecule has 11 aromatic rings. The summed E-state index contributed by atoms with van der Waals surface area (Å²) in [6.07, 6.45) is 0. The van der Waals surface area contributed by atoms with Gasteiger partial charge in [-0.3, -0.25) is 0 Å². The quantitative estimate of drug-likeness (QED) is 0.111. The van der Waals surface area contributed by atoms with Gasteiger partial charge < -0.3 is 9.80 Å². The average Bonchev–Trinajstić information content (AvgIpc) is 3.37. The molecule has 314 valence electrons. The van der Waals surface area contributed by atoms with E-state index in [1.54, 1.807) is 6.07 Å². The highest BCUT2D eigenvalue weighted by atomic mass is 28.3. The lowest BCUT2D eigenvalue weighted by Gasteiger charge is -2.36. The van der Waals surface area contributed by atoms with Crippen molar-refractivity contribution in [1.82, 2.24) is 0 Å². The molecular weight excluding hydrogens is 820 g/mol. The van der Waals surface area contributed by atoms with Crippen LogP contribution in [0.3, 0.4) is 0 Å². The Bertz CT molecular complexity index is 3580. The van der Waals surface area contributed by atoms with Gasteiger partial charge >= 0.3 is 0 Å². The van der Waals surface area contributed by atoms with Gasteiger partial charge in [-0.2, -0.15) is 0 Å². The molecule has 66 heavy (non-hydrogen) atoms. The third-order valence-electron chi connectivity index (χ3n) is 13.6. The standard InChI is InChI=1S/C62H45FN2Si/c1-66(2)59-34-20-33-52-55-41-58(65(47-29-16-7-17-30-47)62-53(43-23-10-4-11-24-43)37-44(38-57(62)63)42-21-8-3-9-22-42)50-32-19-18-31-49(50)54(55)40-56(61(52)59)51-36-35-48(39-60(51)66)64(45-25-12-5-13-26-45)46-27-14-6-15-28-46/h3-41H,1-2H3. The zero-order valence-corrected chi connectivity index (χ0v) is 37.8. The predicted molar refractivity (Wildman–Crippen MR) is 281 cm³/mol. The molecule has 0 unspecified atom stereocenters. The third kappa shape index (κ3) is 6.44. The first kappa shape index (κ1) is 39.5. The van der Waals surface area contributed by atoms with E-state index in [1.165, 1.54) is 37.7 Å². The van der Waals surface area contributed by atoms with Crippen molar-refractivity contribution in [3.63, 3.8) is 0 Å². The van der Waals surface area contributed by atoms with Gasteiger partial charge in [0, 0.05) is 33.7 Å². The van der Waals surface area contributed by atoms with Crippen LogP contribution < -0.4 is 20.2 Å². The number of rotatable bonds is 8. The maximum Gasteiger partial charge on any atom is 0.148 e. The molecule has 11 aromatic carbocycles. The van der Waals surface area contributed by atoms with Crippen molar-refractivity contribution < 1.29 is 4.39 Å². The molecule has 0 bridgehead atoms. The molecule has 1 aliphatic heterocycles. The van der Waals surface area contributed by atoms with E-state index in [2.05, 4.69) is 187 Å². The summed E-state index contributed by atoms with van der Waals surface area (Å²) in [5.41, 5.74) is 11.9. The molecule has 0 spiro atoms. The first-order chi connectivity index (χ1) is 32.4. The minimum Gasteiger partial charge on any atom is -0.311 e. The lowest BCUT2D eigenvalue weighted by atomic mass is 9.89. The molecule has 1 aliphatic rings. The molecule has 4 heteroatoms. The maximum atomic E-state index is 17.7. The van der Waals surface area contributed by atoms with E-state index in [1.807, 2.05) is 66.7 Å². The number of benzene rings is 11. The Morgan fingerprint density at radius 2 is 0.864 bits per heavy atom. The molecule has 0 atom stereocenters. The molecule has 2 nitrogen and oxygen atoms in total. The van der Waals surface area contributed by atoms with E-state index in [-0.39, 0.29) is 5.82 Å². The van der Waals surface area contributed by atoms with Crippen LogP contribution in [0.15, 0.2) is 237 Å². The summed E-state index contributed by atoms with van der Waals surface area (Å²) in [5.74, 6) is -0.290. The summed E-state index contributed by atoms with van der Waals surface area (Å²) in [6.45, 7) is 5.01. The highest BCUT2D eigenvalue weighted by molar-refractivity contribution is 7.03. The molecule has 0 radical (unpaired) electrons.